The summed E-state index contributed by atoms with van der Waals surface area (Å²) >= 11 is 0. The molecule has 0 saturated heterocycles. The Labute approximate surface area is 64.2 Å². The molecule has 2 aromatic rings. The van der Waals surface area contributed by atoms with Gasteiger partial charge in [-0.05, 0) is 18.2 Å². The van der Waals surface area contributed by atoms with E-state index in [9.17, 15) is 0 Å². The van der Waals surface area contributed by atoms with Gasteiger partial charge in [-0.25, -0.2) is 0 Å². The summed E-state index contributed by atoms with van der Waals surface area (Å²) in [7, 11) is 0. The lowest BCUT2D eigenvalue weighted by atomic mass is 10.2. The van der Waals surface area contributed by atoms with Crippen LogP contribution in [0.4, 0.5) is 0 Å². The molecule has 0 radical (unpaired) electrons. The monoisotopic (exact) mass is 142 g/mol. The number of hydrogen-bond donors (Lipinski definition) is 1. The largest absolute Gasteiger partial charge is 0.278 e. The van der Waals surface area contributed by atoms with Crippen molar-refractivity contribution in [1.82, 2.24) is 10.2 Å². The second-order valence-electron chi connectivity index (χ2n) is 2.32. The fraction of sp³-hybridized carbons (Fsp3) is 0. The van der Waals surface area contributed by atoms with Gasteiger partial charge in [0.25, 0.3) is 0 Å². The van der Waals surface area contributed by atoms with Crippen molar-refractivity contribution in [1.29, 1.82) is 0 Å². The van der Waals surface area contributed by atoms with Crippen LogP contribution in [0, 0.1) is 12.3 Å². The third-order valence-corrected chi connectivity index (χ3v) is 1.61. The fourth-order valence-corrected chi connectivity index (χ4v) is 1.03. The average Bonchev–Trinajstić information content (AvgIpc) is 2.50. The van der Waals surface area contributed by atoms with E-state index in [1.54, 1.807) is 6.20 Å². The van der Waals surface area contributed by atoms with Gasteiger partial charge in [0, 0.05) is 10.9 Å². The maximum atomic E-state index is 5.23. The molecule has 1 aromatic carbocycles. The maximum absolute atomic E-state index is 5.23. The van der Waals surface area contributed by atoms with Gasteiger partial charge in [-0.15, -0.1) is 6.42 Å². The highest BCUT2D eigenvalue weighted by molar-refractivity contribution is 5.79. The summed E-state index contributed by atoms with van der Waals surface area (Å²) in [5, 5.41) is 7.82. The number of aromatic amines is 1. The summed E-state index contributed by atoms with van der Waals surface area (Å²) in [6, 6.07) is 5.76. The van der Waals surface area contributed by atoms with Crippen LogP contribution in [-0.2, 0) is 0 Å². The van der Waals surface area contributed by atoms with E-state index in [-0.39, 0.29) is 0 Å². The van der Waals surface area contributed by atoms with Crippen LogP contribution in [0.2, 0.25) is 0 Å². The fourth-order valence-electron chi connectivity index (χ4n) is 1.03. The first-order valence-corrected chi connectivity index (χ1v) is 3.30. The van der Waals surface area contributed by atoms with Crippen LogP contribution in [0.15, 0.2) is 24.4 Å². The van der Waals surface area contributed by atoms with Crippen molar-refractivity contribution in [3.8, 4) is 12.3 Å². The van der Waals surface area contributed by atoms with Gasteiger partial charge in [-0.3, -0.25) is 5.10 Å². The number of aromatic nitrogens is 2. The molecule has 0 amide bonds. The van der Waals surface area contributed by atoms with Crippen molar-refractivity contribution >= 4 is 10.9 Å². The van der Waals surface area contributed by atoms with E-state index in [0.717, 1.165) is 16.5 Å². The summed E-state index contributed by atoms with van der Waals surface area (Å²) in [5.74, 6) is 2.56. The highest BCUT2D eigenvalue weighted by atomic mass is 15.1. The normalized spacial score (nSPS) is 9.73. The molecule has 2 rings (SSSR count). The van der Waals surface area contributed by atoms with Crippen molar-refractivity contribution in [2.45, 2.75) is 0 Å². The second-order valence-corrected chi connectivity index (χ2v) is 2.32. The lowest BCUT2D eigenvalue weighted by molar-refractivity contribution is 1.12. The van der Waals surface area contributed by atoms with Gasteiger partial charge in [0.15, 0.2) is 0 Å². The molecular weight excluding hydrogens is 136 g/mol. The third-order valence-electron chi connectivity index (χ3n) is 1.61. The van der Waals surface area contributed by atoms with Crippen LogP contribution < -0.4 is 0 Å². The number of fused-ring (bicyclic) bond motifs is 1. The van der Waals surface area contributed by atoms with Crippen LogP contribution >= 0.6 is 0 Å². The maximum Gasteiger partial charge on any atom is 0.0662 e. The van der Waals surface area contributed by atoms with Crippen LogP contribution in [0.3, 0.4) is 0 Å². The highest BCUT2D eigenvalue weighted by Crippen LogP contribution is 2.11. The van der Waals surface area contributed by atoms with Gasteiger partial charge in [-0.1, -0.05) is 5.92 Å². The molecule has 1 N–H and O–H groups in total. The van der Waals surface area contributed by atoms with E-state index >= 15 is 0 Å². The molecule has 11 heavy (non-hydrogen) atoms. The quantitative estimate of drug-likeness (QED) is 0.555. The van der Waals surface area contributed by atoms with Crippen molar-refractivity contribution in [2.24, 2.45) is 0 Å². The number of hydrogen-bond acceptors (Lipinski definition) is 1. The van der Waals surface area contributed by atoms with Crippen molar-refractivity contribution in [2.75, 3.05) is 0 Å². The smallest absolute Gasteiger partial charge is 0.0662 e. The first-order valence-electron chi connectivity index (χ1n) is 3.30. The molecule has 1 aromatic heterocycles. The Morgan fingerprint density at radius 3 is 3.18 bits per heavy atom. The molecule has 0 atom stereocenters. The first-order chi connectivity index (χ1) is 5.40. The van der Waals surface area contributed by atoms with E-state index in [2.05, 4.69) is 16.1 Å². The Morgan fingerprint density at radius 2 is 2.36 bits per heavy atom. The van der Waals surface area contributed by atoms with E-state index in [4.69, 9.17) is 6.42 Å². The Hall–Kier alpha value is -1.75. The summed E-state index contributed by atoms with van der Waals surface area (Å²) in [6.45, 7) is 0. The van der Waals surface area contributed by atoms with Crippen LogP contribution in [0.1, 0.15) is 5.56 Å². The molecule has 0 bridgehead atoms. The molecule has 0 spiro atoms. The van der Waals surface area contributed by atoms with Crippen LogP contribution in [0.5, 0.6) is 0 Å². The Kier molecular flexibility index (Phi) is 1.16. The van der Waals surface area contributed by atoms with Crippen LogP contribution in [0.25, 0.3) is 10.9 Å². The first kappa shape index (κ1) is 5.99. The van der Waals surface area contributed by atoms with Crippen LogP contribution in [-0.4, -0.2) is 10.2 Å². The van der Waals surface area contributed by atoms with E-state index < -0.39 is 0 Å². The SMILES string of the molecule is C#Cc1ccc2cn[nH]c2c1. The predicted molar refractivity (Wildman–Crippen MR) is 44.0 cm³/mol. The number of nitrogens with one attached hydrogen (secondary N) is 1. The topological polar surface area (TPSA) is 28.7 Å². The third kappa shape index (κ3) is 0.870. The van der Waals surface area contributed by atoms with Gasteiger partial charge in [0.05, 0.1) is 11.7 Å². The van der Waals surface area contributed by atoms with E-state index in [1.165, 1.54) is 0 Å². The van der Waals surface area contributed by atoms with Crippen molar-refractivity contribution < 1.29 is 0 Å². The number of rotatable bonds is 0. The van der Waals surface area contributed by atoms with E-state index in [1.807, 2.05) is 18.2 Å². The highest BCUT2D eigenvalue weighted by Gasteiger charge is 1.93. The summed E-state index contributed by atoms with van der Waals surface area (Å²) in [4.78, 5) is 0. The van der Waals surface area contributed by atoms with Gasteiger partial charge in [0.2, 0.25) is 0 Å². The minimum Gasteiger partial charge on any atom is -0.278 e. The Balaban J connectivity index is 2.79. The number of H-pyrrole nitrogens is 1. The Morgan fingerprint density at radius 1 is 1.45 bits per heavy atom. The Bertz CT molecular complexity index is 420. The van der Waals surface area contributed by atoms with E-state index in [0.29, 0.717) is 0 Å². The molecule has 2 heteroatoms. The molecule has 52 valence electrons. The molecular formula is C9H6N2. The molecule has 0 aliphatic heterocycles. The predicted octanol–water partition coefficient (Wildman–Crippen LogP) is 1.54. The number of nitrogens with zero attached hydrogens (tertiary/aromatic N) is 1. The van der Waals surface area contributed by atoms with Gasteiger partial charge < -0.3 is 0 Å². The minimum absolute atomic E-state index is 0.877. The zero-order valence-corrected chi connectivity index (χ0v) is 5.83. The number of terminal acetylenes is 1. The number of benzene rings is 1. The lowest BCUT2D eigenvalue weighted by Crippen LogP contribution is -1.72. The zero-order valence-electron chi connectivity index (χ0n) is 5.83. The minimum atomic E-state index is 0.877. The summed E-state index contributed by atoms with van der Waals surface area (Å²) in [5.41, 5.74) is 1.86. The molecule has 0 aliphatic rings. The molecule has 0 unspecified atom stereocenters. The van der Waals surface area contributed by atoms with Gasteiger partial charge >= 0.3 is 0 Å². The van der Waals surface area contributed by atoms with Crippen molar-refractivity contribution in [3.05, 3.63) is 30.0 Å². The molecule has 1 heterocycles. The zero-order chi connectivity index (χ0) is 7.68. The van der Waals surface area contributed by atoms with Crippen molar-refractivity contribution in [3.63, 3.8) is 0 Å². The summed E-state index contributed by atoms with van der Waals surface area (Å²) < 4.78 is 0. The second kappa shape index (κ2) is 2.14. The molecule has 0 saturated carbocycles. The lowest BCUT2D eigenvalue weighted by Gasteiger charge is -1.88. The average molecular weight is 142 g/mol. The molecule has 0 fully saturated rings. The standard InChI is InChI=1S/C9H6N2/c1-2-7-3-4-8-6-10-11-9(8)5-7/h1,3-6H,(H,10,11). The molecule has 2 nitrogen and oxygen atoms in total. The van der Waals surface area contributed by atoms with Gasteiger partial charge in [0.1, 0.15) is 0 Å². The summed E-state index contributed by atoms with van der Waals surface area (Å²) in [6.07, 6.45) is 7.00. The van der Waals surface area contributed by atoms with Gasteiger partial charge in [-0.2, -0.15) is 5.10 Å². The molecule has 0 aliphatic carbocycles.